The standard InChI is InChI=1S/C19H29N5O4S/c1-23(2)12-15-13-24(22-20-15)11-10-16-8-9-18(19(14-25)28-16)21-29(26,27)17-6-4-3-5-7-17/h3-7,13,16,18-19,21,25H,8-12,14H2,1-2H3/t16-,18+,19-/m1/s1. The van der Waals surface area contributed by atoms with E-state index in [9.17, 15) is 13.5 Å². The van der Waals surface area contributed by atoms with E-state index in [0.29, 0.717) is 19.4 Å². The van der Waals surface area contributed by atoms with Crippen LogP contribution in [0.1, 0.15) is 25.0 Å². The van der Waals surface area contributed by atoms with Crippen LogP contribution in [0.4, 0.5) is 0 Å². The van der Waals surface area contributed by atoms with Gasteiger partial charge in [0, 0.05) is 19.3 Å². The number of sulfonamides is 1. The fourth-order valence-electron chi connectivity index (χ4n) is 3.47. The first-order chi connectivity index (χ1) is 13.9. The zero-order chi connectivity index (χ0) is 20.9. The largest absolute Gasteiger partial charge is 0.394 e. The molecule has 1 aromatic carbocycles. The molecule has 1 fully saturated rings. The summed E-state index contributed by atoms with van der Waals surface area (Å²) in [6, 6.07) is 7.76. The maximum atomic E-state index is 12.6. The molecule has 3 rings (SSSR count). The smallest absolute Gasteiger partial charge is 0.240 e. The Kier molecular flexibility index (Phi) is 7.36. The number of ether oxygens (including phenoxy) is 1. The fraction of sp³-hybridized carbons (Fsp3) is 0.579. The van der Waals surface area contributed by atoms with Gasteiger partial charge in [0.25, 0.3) is 0 Å². The molecule has 9 nitrogen and oxygen atoms in total. The van der Waals surface area contributed by atoms with Gasteiger partial charge in [-0.05, 0) is 45.5 Å². The van der Waals surface area contributed by atoms with E-state index in [2.05, 4.69) is 15.0 Å². The van der Waals surface area contributed by atoms with E-state index in [-0.39, 0.29) is 17.6 Å². The summed E-state index contributed by atoms with van der Waals surface area (Å²) in [4.78, 5) is 2.24. The fourth-order valence-corrected chi connectivity index (χ4v) is 4.79. The van der Waals surface area contributed by atoms with Gasteiger partial charge in [0.15, 0.2) is 0 Å². The molecule has 0 amide bonds. The van der Waals surface area contributed by atoms with Gasteiger partial charge in [-0.3, -0.25) is 4.68 Å². The molecule has 2 heterocycles. The summed E-state index contributed by atoms with van der Waals surface area (Å²) >= 11 is 0. The molecule has 0 saturated carbocycles. The summed E-state index contributed by atoms with van der Waals surface area (Å²) in [6.07, 6.45) is 3.31. The van der Waals surface area contributed by atoms with Crippen molar-refractivity contribution < 1.29 is 18.3 Å². The summed E-state index contributed by atoms with van der Waals surface area (Å²) in [5.74, 6) is 0. The van der Waals surface area contributed by atoms with Crippen LogP contribution < -0.4 is 4.72 Å². The zero-order valence-corrected chi connectivity index (χ0v) is 17.6. The van der Waals surface area contributed by atoms with Crippen molar-refractivity contribution in [3.63, 3.8) is 0 Å². The lowest BCUT2D eigenvalue weighted by Crippen LogP contribution is -2.50. The van der Waals surface area contributed by atoms with Gasteiger partial charge in [-0.2, -0.15) is 0 Å². The van der Waals surface area contributed by atoms with Crippen molar-refractivity contribution in [2.75, 3.05) is 20.7 Å². The molecule has 29 heavy (non-hydrogen) atoms. The van der Waals surface area contributed by atoms with Crippen molar-refractivity contribution in [3.8, 4) is 0 Å². The van der Waals surface area contributed by atoms with Crippen molar-refractivity contribution in [2.45, 2.75) is 55.5 Å². The van der Waals surface area contributed by atoms with E-state index in [1.165, 1.54) is 0 Å². The second kappa shape index (κ2) is 9.77. The Morgan fingerprint density at radius 2 is 2.03 bits per heavy atom. The van der Waals surface area contributed by atoms with Crippen molar-refractivity contribution >= 4 is 10.0 Å². The Hall–Kier alpha value is -1.85. The van der Waals surface area contributed by atoms with Crippen LogP contribution in [0.25, 0.3) is 0 Å². The Labute approximate surface area is 171 Å². The average molecular weight is 424 g/mol. The Balaban J connectivity index is 1.53. The monoisotopic (exact) mass is 423 g/mol. The predicted molar refractivity (Wildman–Crippen MR) is 108 cm³/mol. The molecule has 3 atom stereocenters. The number of aryl methyl sites for hydroxylation is 1. The van der Waals surface area contributed by atoms with E-state index in [4.69, 9.17) is 4.74 Å². The van der Waals surface area contributed by atoms with Crippen LogP contribution in [0.15, 0.2) is 41.4 Å². The number of benzene rings is 1. The van der Waals surface area contributed by atoms with Crippen LogP contribution in [0.5, 0.6) is 0 Å². The first-order valence-electron chi connectivity index (χ1n) is 9.75. The summed E-state index contributed by atoms with van der Waals surface area (Å²) in [7, 11) is 0.307. The van der Waals surface area contributed by atoms with Crippen molar-refractivity contribution in [2.24, 2.45) is 0 Å². The van der Waals surface area contributed by atoms with Gasteiger partial charge < -0.3 is 14.7 Å². The SMILES string of the molecule is CN(C)Cc1cn(CC[C@H]2CC[C@H](NS(=O)(=O)c3ccccc3)[C@@H](CO)O2)nn1. The minimum absolute atomic E-state index is 0.0638. The molecule has 10 heteroatoms. The molecule has 160 valence electrons. The lowest BCUT2D eigenvalue weighted by Gasteiger charge is -2.36. The quantitative estimate of drug-likeness (QED) is 0.608. The second-order valence-corrected chi connectivity index (χ2v) is 9.31. The van der Waals surface area contributed by atoms with Crippen LogP contribution in [0.3, 0.4) is 0 Å². The molecule has 1 saturated heterocycles. The minimum atomic E-state index is -3.65. The summed E-state index contributed by atoms with van der Waals surface area (Å²) in [5, 5.41) is 18.0. The maximum Gasteiger partial charge on any atom is 0.240 e. The molecule has 0 bridgehead atoms. The van der Waals surface area contributed by atoms with Gasteiger partial charge >= 0.3 is 0 Å². The summed E-state index contributed by atoms with van der Waals surface area (Å²) in [5.41, 5.74) is 0.906. The molecule has 0 radical (unpaired) electrons. The normalized spacial score (nSPS) is 22.8. The van der Waals surface area contributed by atoms with Crippen LogP contribution in [0, 0.1) is 0 Å². The van der Waals surface area contributed by atoms with Crippen molar-refractivity contribution in [1.29, 1.82) is 0 Å². The third-order valence-corrected chi connectivity index (χ3v) is 6.41. The lowest BCUT2D eigenvalue weighted by molar-refractivity contribution is -0.0891. The molecule has 0 aliphatic carbocycles. The minimum Gasteiger partial charge on any atom is -0.394 e. The highest BCUT2D eigenvalue weighted by molar-refractivity contribution is 7.89. The van der Waals surface area contributed by atoms with Crippen molar-refractivity contribution in [1.82, 2.24) is 24.6 Å². The predicted octanol–water partition coefficient (Wildman–Crippen LogP) is 0.617. The first kappa shape index (κ1) is 21.8. The van der Waals surface area contributed by atoms with Crippen LogP contribution in [-0.4, -0.2) is 72.4 Å². The van der Waals surface area contributed by atoms with Crippen LogP contribution >= 0.6 is 0 Å². The van der Waals surface area contributed by atoms with Crippen LogP contribution in [0.2, 0.25) is 0 Å². The van der Waals surface area contributed by atoms with Crippen LogP contribution in [-0.2, 0) is 27.8 Å². The lowest BCUT2D eigenvalue weighted by atomic mass is 9.98. The van der Waals surface area contributed by atoms with Gasteiger partial charge in [-0.25, -0.2) is 13.1 Å². The van der Waals surface area contributed by atoms with E-state index in [0.717, 1.165) is 18.7 Å². The molecule has 0 spiro atoms. The molecule has 2 aromatic rings. The molecule has 1 aliphatic rings. The third-order valence-electron chi connectivity index (χ3n) is 4.90. The number of hydrogen-bond acceptors (Lipinski definition) is 7. The van der Waals surface area contributed by atoms with Gasteiger partial charge in [0.1, 0.15) is 0 Å². The molecular formula is C19H29N5O4S. The molecule has 2 N–H and O–H groups in total. The van der Waals surface area contributed by atoms with Gasteiger partial charge in [-0.1, -0.05) is 23.4 Å². The topological polar surface area (TPSA) is 110 Å². The third kappa shape index (κ3) is 6.06. The molecule has 1 aliphatic heterocycles. The number of aliphatic hydroxyl groups is 1. The highest BCUT2D eigenvalue weighted by atomic mass is 32.2. The Bertz CT molecular complexity index is 872. The highest BCUT2D eigenvalue weighted by Gasteiger charge is 2.33. The number of hydrogen-bond donors (Lipinski definition) is 2. The van der Waals surface area contributed by atoms with Crippen molar-refractivity contribution in [3.05, 3.63) is 42.2 Å². The number of nitrogens with one attached hydrogen (secondary N) is 1. The zero-order valence-electron chi connectivity index (χ0n) is 16.8. The number of rotatable bonds is 9. The van der Waals surface area contributed by atoms with Gasteiger partial charge in [0.2, 0.25) is 10.0 Å². The maximum absolute atomic E-state index is 12.6. The van der Waals surface area contributed by atoms with E-state index < -0.39 is 22.2 Å². The molecular weight excluding hydrogens is 394 g/mol. The highest BCUT2D eigenvalue weighted by Crippen LogP contribution is 2.24. The number of nitrogens with zero attached hydrogens (tertiary/aromatic N) is 4. The molecule has 0 unspecified atom stereocenters. The summed E-state index contributed by atoms with van der Waals surface area (Å²) < 4.78 is 35.6. The van der Waals surface area contributed by atoms with Gasteiger partial charge in [0.05, 0.1) is 35.4 Å². The second-order valence-electron chi connectivity index (χ2n) is 7.60. The van der Waals surface area contributed by atoms with E-state index in [1.54, 1.807) is 35.0 Å². The Morgan fingerprint density at radius 3 is 2.72 bits per heavy atom. The number of aromatic nitrogens is 3. The summed E-state index contributed by atoms with van der Waals surface area (Å²) in [6.45, 7) is 1.15. The molecule has 1 aromatic heterocycles. The first-order valence-corrected chi connectivity index (χ1v) is 11.2. The average Bonchev–Trinajstić information content (AvgIpc) is 3.14. The van der Waals surface area contributed by atoms with E-state index in [1.807, 2.05) is 25.2 Å². The van der Waals surface area contributed by atoms with Gasteiger partial charge in [-0.15, -0.1) is 5.10 Å². The van der Waals surface area contributed by atoms with E-state index >= 15 is 0 Å². The number of aliphatic hydroxyl groups excluding tert-OH is 1. The Morgan fingerprint density at radius 1 is 1.28 bits per heavy atom.